The summed E-state index contributed by atoms with van der Waals surface area (Å²) < 4.78 is 11.3. The molecule has 0 unspecified atom stereocenters. The van der Waals surface area contributed by atoms with Crippen molar-refractivity contribution in [3.63, 3.8) is 0 Å². The first kappa shape index (κ1) is 22.5. The molecule has 1 amide bonds. The number of nitrogens with zero attached hydrogens (tertiary/aromatic N) is 1. The van der Waals surface area contributed by atoms with Gasteiger partial charge in [0.15, 0.2) is 18.1 Å². The molecule has 0 atom stereocenters. The molecule has 2 N–H and O–H groups in total. The number of likely N-dealkylation sites (N-methyl/N-ethyl adjacent to an activating group) is 1. The lowest BCUT2D eigenvalue weighted by Crippen LogP contribution is -2.43. The quantitative estimate of drug-likeness (QED) is 0.606. The van der Waals surface area contributed by atoms with Gasteiger partial charge in [0, 0.05) is 36.3 Å². The number of ether oxygens (including phenoxy) is 2. The molecule has 0 radical (unpaired) electrons. The number of hydrogen-bond donors (Lipinski definition) is 2. The Balaban J connectivity index is 2.76. The monoisotopic (exact) mass is 385 g/mol. The van der Waals surface area contributed by atoms with Crippen molar-refractivity contribution in [1.82, 2.24) is 15.5 Å². The number of rotatable bonds is 10. The largest absolute Gasteiger partial charge is 0.490 e. The van der Waals surface area contributed by atoms with Crippen molar-refractivity contribution in [2.75, 3.05) is 40.4 Å². The second kappa shape index (κ2) is 10.6. The van der Waals surface area contributed by atoms with Crippen LogP contribution in [0.5, 0.6) is 11.5 Å². The number of hydrogen-bond acceptors (Lipinski definition) is 5. The van der Waals surface area contributed by atoms with Crippen LogP contribution in [0.1, 0.15) is 33.3 Å². The van der Waals surface area contributed by atoms with Crippen LogP contribution in [0.3, 0.4) is 0 Å². The summed E-state index contributed by atoms with van der Waals surface area (Å²) in [6.07, 6.45) is 0. The van der Waals surface area contributed by atoms with Gasteiger partial charge in [-0.1, -0.05) is 11.6 Å². The van der Waals surface area contributed by atoms with Gasteiger partial charge < -0.3 is 25.0 Å². The molecule has 7 heteroatoms. The first-order chi connectivity index (χ1) is 12.1. The van der Waals surface area contributed by atoms with Crippen LogP contribution in [0, 0.1) is 0 Å². The molecule has 0 aromatic heterocycles. The molecule has 26 heavy (non-hydrogen) atoms. The highest BCUT2D eigenvalue weighted by Crippen LogP contribution is 2.33. The fraction of sp³-hybridized carbons (Fsp3) is 0.632. The van der Waals surface area contributed by atoms with Crippen molar-refractivity contribution in [1.29, 1.82) is 0 Å². The summed E-state index contributed by atoms with van der Waals surface area (Å²) in [6.45, 7) is 10.5. The van der Waals surface area contributed by atoms with Gasteiger partial charge in [-0.25, -0.2) is 0 Å². The highest BCUT2D eigenvalue weighted by Gasteiger charge is 2.16. The van der Waals surface area contributed by atoms with Crippen molar-refractivity contribution < 1.29 is 14.3 Å². The molecular formula is C19H32ClN3O3. The van der Waals surface area contributed by atoms with E-state index in [1.54, 1.807) is 6.07 Å². The van der Waals surface area contributed by atoms with E-state index in [0.717, 1.165) is 18.7 Å². The Morgan fingerprint density at radius 3 is 2.42 bits per heavy atom. The van der Waals surface area contributed by atoms with E-state index in [4.69, 9.17) is 21.1 Å². The normalized spacial score (nSPS) is 11.5. The summed E-state index contributed by atoms with van der Waals surface area (Å²) in [5, 5.41) is 6.79. The van der Waals surface area contributed by atoms with Crippen molar-refractivity contribution in [2.24, 2.45) is 0 Å². The Kier molecular flexibility index (Phi) is 9.19. The Labute approximate surface area is 162 Å². The third-order valence-corrected chi connectivity index (χ3v) is 3.69. The van der Waals surface area contributed by atoms with Crippen molar-refractivity contribution in [3.8, 4) is 11.5 Å². The first-order valence-electron chi connectivity index (χ1n) is 8.87. The summed E-state index contributed by atoms with van der Waals surface area (Å²) in [4.78, 5) is 14.1. The zero-order chi connectivity index (χ0) is 19.7. The van der Waals surface area contributed by atoms with Gasteiger partial charge in [-0.3, -0.25) is 4.79 Å². The maximum atomic E-state index is 12.0. The number of nitrogens with one attached hydrogen (secondary N) is 2. The van der Waals surface area contributed by atoms with Gasteiger partial charge in [-0.15, -0.1) is 0 Å². The fourth-order valence-electron chi connectivity index (χ4n) is 2.22. The topological polar surface area (TPSA) is 62.8 Å². The Morgan fingerprint density at radius 1 is 1.19 bits per heavy atom. The number of halogens is 1. The van der Waals surface area contributed by atoms with Gasteiger partial charge >= 0.3 is 0 Å². The standard InChI is InChI=1S/C19H32ClN3O3/c1-7-25-16-10-14(12-21-8-9-23(5)6)15(20)11-17(16)26-13-18(24)22-19(2,3)4/h10-11,21H,7-9,12-13H2,1-6H3,(H,22,24). The van der Waals surface area contributed by atoms with Gasteiger partial charge in [0.25, 0.3) is 5.91 Å². The molecule has 148 valence electrons. The molecule has 0 heterocycles. The molecule has 0 spiro atoms. The summed E-state index contributed by atoms with van der Waals surface area (Å²) in [6, 6.07) is 3.57. The van der Waals surface area contributed by atoms with Gasteiger partial charge in [-0.05, 0) is 53.4 Å². The zero-order valence-corrected chi connectivity index (χ0v) is 17.5. The van der Waals surface area contributed by atoms with Gasteiger partial charge in [0.2, 0.25) is 0 Å². The molecule has 0 fully saturated rings. The number of carbonyl (C=O) groups excluding carboxylic acids is 1. The second-order valence-corrected chi connectivity index (χ2v) is 7.80. The maximum Gasteiger partial charge on any atom is 0.258 e. The molecule has 0 aliphatic carbocycles. The van der Waals surface area contributed by atoms with Crippen LogP contribution < -0.4 is 20.1 Å². The van der Waals surface area contributed by atoms with E-state index in [-0.39, 0.29) is 18.1 Å². The lowest BCUT2D eigenvalue weighted by atomic mass is 10.1. The molecule has 0 aliphatic rings. The molecule has 6 nitrogen and oxygen atoms in total. The van der Waals surface area contributed by atoms with E-state index < -0.39 is 0 Å². The number of benzene rings is 1. The van der Waals surface area contributed by atoms with Crippen LogP contribution >= 0.6 is 11.6 Å². The average Bonchev–Trinajstić information content (AvgIpc) is 2.50. The molecule has 0 saturated carbocycles. The van der Waals surface area contributed by atoms with Gasteiger partial charge in [0.05, 0.1) is 6.61 Å². The zero-order valence-electron chi connectivity index (χ0n) is 16.7. The minimum atomic E-state index is -0.303. The Hall–Kier alpha value is -1.50. The van der Waals surface area contributed by atoms with Crippen LogP contribution in [-0.2, 0) is 11.3 Å². The van der Waals surface area contributed by atoms with Gasteiger partial charge in [0.1, 0.15) is 0 Å². The van der Waals surface area contributed by atoms with Crippen LogP contribution in [0.4, 0.5) is 0 Å². The molecule has 1 aromatic rings. The Bertz CT molecular complexity index is 586. The van der Waals surface area contributed by atoms with Gasteiger partial charge in [-0.2, -0.15) is 0 Å². The van der Waals surface area contributed by atoms with E-state index in [0.29, 0.717) is 29.7 Å². The number of amides is 1. The summed E-state index contributed by atoms with van der Waals surface area (Å²) in [7, 11) is 4.06. The predicted molar refractivity (Wildman–Crippen MR) is 106 cm³/mol. The lowest BCUT2D eigenvalue weighted by Gasteiger charge is -2.21. The van der Waals surface area contributed by atoms with Crippen molar-refractivity contribution >= 4 is 17.5 Å². The first-order valence-corrected chi connectivity index (χ1v) is 9.24. The maximum absolute atomic E-state index is 12.0. The molecule has 0 saturated heterocycles. The predicted octanol–water partition coefficient (Wildman–Crippen LogP) is 2.68. The van der Waals surface area contributed by atoms with Crippen LogP contribution in [0.25, 0.3) is 0 Å². The highest BCUT2D eigenvalue weighted by molar-refractivity contribution is 6.31. The minimum Gasteiger partial charge on any atom is -0.490 e. The van der Waals surface area contributed by atoms with E-state index in [1.165, 1.54) is 0 Å². The molecule has 1 aromatic carbocycles. The summed E-state index contributed by atoms with van der Waals surface area (Å²) in [5.41, 5.74) is 0.628. The summed E-state index contributed by atoms with van der Waals surface area (Å²) >= 11 is 6.38. The van der Waals surface area contributed by atoms with Crippen molar-refractivity contribution in [3.05, 3.63) is 22.7 Å². The third kappa shape index (κ3) is 8.74. The van der Waals surface area contributed by atoms with Crippen LogP contribution in [0.2, 0.25) is 5.02 Å². The van der Waals surface area contributed by atoms with Crippen LogP contribution in [0.15, 0.2) is 12.1 Å². The van der Waals surface area contributed by atoms with Crippen molar-refractivity contribution in [2.45, 2.75) is 39.8 Å². The Morgan fingerprint density at radius 2 is 1.85 bits per heavy atom. The fourth-order valence-corrected chi connectivity index (χ4v) is 2.44. The van der Waals surface area contributed by atoms with E-state index in [2.05, 4.69) is 15.5 Å². The second-order valence-electron chi connectivity index (χ2n) is 7.39. The SMILES string of the molecule is CCOc1cc(CNCCN(C)C)c(Cl)cc1OCC(=O)NC(C)(C)C. The smallest absolute Gasteiger partial charge is 0.258 e. The minimum absolute atomic E-state index is 0.0892. The van der Waals surface area contributed by atoms with E-state index in [1.807, 2.05) is 47.9 Å². The van der Waals surface area contributed by atoms with E-state index in [9.17, 15) is 4.79 Å². The molecule has 1 rings (SSSR count). The average molecular weight is 386 g/mol. The highest BCUT2D eigenvalue weighted by atomic mass is 35.5. The lowest BCUT2D eigenvalue weighted by molar-refractivity contribution is -0.124. The molecular weight excluding hydrogens is 354 g/mol. The molecule has 0 bridgehead atoms. The number of carbonyl (C=O) groups is 1. The summed E-state index contributed by atoms with van der Waals surface area (Å²) in [5.74, 6) is 0.869. The van der Waals surface area contributed by atoms with Crippen LogP contribution in [-0.4, -0.2) is 56.7 Å². The molecule has 0 aliphatic heterocycles. The van der Waals surface area contributed by atoms with E-state index >= 15 is 0 Å². The third-order valence-electron chi connectivity index (χ3n) is 3.34.